The van der Waals surface area contributed by atoms with Crippen LogP contribution in [0.2, 0.25) is 0 Å². The summed E-state index contributed by atoms with van der Waals surface area (Å²) in [5, 5.41) is 0. The highest BCUT2D eigenvalue weighted by atomic mass is 16.5. The number of ether oxygens (including phenoxy) is 2. The predicted molar refractivity (Wildman–Crippen MR) is 83.7 cm³/mol. The molecule has 1 aliphatic heterocycles. The Morgan fingerprint density at radius 2 is 1.90 bits per heavy atom. The smallest absolute Gasteiger partial charge is 0.165 e. The average molecular weight is 283 g/mol. The topological polar surface area (TPSA) is 44.5 Å². The van der Waals surface area contributed by atoms with Gasteiger partial charge in [0.2, 0.25) is 0 Å². The number of rotatable bonds is 4. The molecule has 0 bridgehead atoms. The van der Waals surface area contributed by atoms with E-state index < -0.39 is 0 Å². The fraction of sp³-hybridized carbons (Fsp3) is 0.333. The highest BCUT2D eigenvalue weighted by Gasteiger charge is 2.32. The molecule has 1 aliphatic rings. The predicted octanol–water partition coefficient (Wildman–Crippen LogP) is 3.48. The van der Waals surface area contributed by atoms with Gasteiger partial charge in [-0.05, 0) is 25.5 Å². The number of hydrogen-bond acceptors (Lipinski definition) is 3. The minimum Gasteiger partial charge on any atom is -0.488 e. The Labute approximate surface area is 125 Å². The quantitative estimate of drug-likeness (QED) is 0.934. The molecule has 0 aliphatic carbocycles. The van der Waals surface area contributed by atoms with Gasteiger partial charge < -0.3 is 15.2 Å². The summed E-state index contributed by atoms with van der Waals surface area (Å²) in [7, 11) is 0. The van der Waals surface area contributed by atoms with Crippen LogP contribution >= 0.6 is 0 Å². The first kappa shape index (κ1) is 14.0. The third kappa shape index (κ3) is 3.03. The van der Waals surface area contributed by atoms with Crippen LogP contribution in [0, 0.1) is 0 Å². The zero-order valence-electron chi connectivity index (χ0n) is 12.5. The highest BCUT2D eigenvalue weighted by Crippen LogP contribution is 2.41. The molecule has 0 spiro atoms. The maximum absolute atomic E-state index is 6.18. The van der Waals surface area contributed by atoms with Gasteiger partial charge in [0.25, 0.3) is 0 Å². The van der Waals surface area contributed by atoms with Crippen LogP contribution in [-0.2, 0) is 6.42 Å². The number of hydrogen-bond donors (Lipinski definition) is 1. The van der Waals surface area contributed by atoms with Crippen molar-refractivity contribution >= 4 is 0 Å². The third-order valence-corrected chi connectivity index (χ3v) is 3.70. The minimum atomic E-state index is -0.163. The fourth-order valence-corrected chi connectivity index (χ4v) is 2.68. The van der Waals surface area contributed by atoms with E-state index >= 15 is 0 Å². The second-order valence-corrected chi connectivity index (χ2v) is 6.11. The van der Waals surface area contributed by atoms with E-state index in [1.807, 2.05) is 42.5 Å². The molecule has 3 rings (SSSR count). The van der Waals surface area contributed by atoms with E-state index in [2.05, 4.69) is 19.9 Å². The molecule has 0 saturated heterocycles. The lowest BCUT2D eigenvalue weighted by molar-refractivity contribution is 0.131. The van der Waals surface area contributed by atoms with E-state index in [1.165, 1.54) is 5.56 Å². The number of fused-ring (bicyclic) bond motifs is 1. The van der Waals surface area contributed by atoms with Crippen LogP contribution < -0.4 is 15.2 Å². The molecular weight excluding hydrogens is 262 g/mol. The van der Waals surface area contributed by atoms with Gasteiger partial charge in [-0.3, -0.25) is 0 Å². The molecular formula is C18H21NO2. The Bertz CT molecular complexity index is 622. The maximum Gasteiger partial charge on any atom is 0.165 e. The van der Waals surface area contributed by atoms with E-state index in [-0.39, 0.29) is 11.6 Å². The Hall–Kier alpha value is -2.00. The van der Waals surface area contributed by atoms with Gasteiger partial charge in [-0.15, -0.1) is 0 Å². The molecule has 110 valence electrons. The van der Waals surface area contributed by atoms with Gasteiger partial charge in [0.15, 0.2) is 11.5 Å². The van der Waals surface area contributed by atoms with Gasteiger partial charge >= 0.3 is 0 Å². The lowest BCUT2D eigenvalue weighted by Crippen LogP contribution is -2.25. The molecule has 2 aromatic rings. The summed E-state index contributed by atoms with van der Waals surface area (Å²) in [6.45, 7) is 4.61. The van der Waals surface area contributed by atoms with Crippen LogP contribution in [0.5, 0.6) is 11.5 Å². The second kappa shape index (κ2) is 5.41. The molecule has 3 heteroatoms. The van der Waals surface area contributed by atoms with Gasteiger partial charge in [0, 0.05) is 12.0 Å². The first-order valence-corrected chi connectivity index (χ1v) is 7.29. The second-order valence-electron chi connectivity index (χ2n) is 6.11. The highest BCUT2D eigenvalue weighted by molar-refractivity contribution is 5.50. The summed E-state index contributed by atoms with van der Waals surface area (Å²) in [6, 6.07) is 15.9. The van der Waals surface area contributed by atoms with Crippen molar-refractivity contribution in [1.82, 2.24) is 0 Å². The van der Waals surface area contributed by atoms with Crippen molar-refractivity contribution in [2.75, 3.05) is 6.61 Å². The zero-order chi connectivity index (χ0) is 14.9. The summed E-state index contributed by atoms with van der Waals surface area (Å²) >= 11 is 0. The number of para-hydroxylation sites is 1. The van der Waals surface area contributed by atoms with E-state index in [4.69, 9.17) is 15.2 Å². The average Bonchev–Trinajstić information content (AvgIpc) is 2.80. The van der Waals surface area contributed by atoms with Crippen molar-refractivity contribution < 1.29 is 9.47 Å². The Morgan fingerprint density at radius 1 is 1.14 bits per heavy atom. The van der Waals surface area contributed by atoms with Crippen molar-refractivity contribution in [2.45, 2.75) is 31.9 Å². The van der Waals surface area contributed by atoms with E-state index in [0.717, 1.165) is 23.5 Å². The first-order valence-electron chi connectivity index (χ1n) is 7.29. The molecule has 0 aromatic heterocycles. The summed E-state index contributed by atoms with van der Waals surface area (Å²) < 4.78 is 11.9. The summed E-state index contributed by atoms with van der Waals surface area (Å²) in [4.78, 5) is 0. The summed E-state index contributed by atoms with van der Waals surface area (Å²) in [5.41, 5.74) is 8.29. The van der Waals surface area contributed by atoms with Crippen molar-refractivity contribution in [1.29, 1.82) is 0 Å². The molecule has 21 heavy (non-hydrogen) atoms. The van der Waals surface area contributed by atoms with Crippen molar-refractivity contribution in [2.24, 2.45) is 5.73 Å². The number of benzene rings is 2. The molecule has 2 aromatic carbocycles. The van der Waals surface area contributed by atoms with Crippen LogP contribution in [0.3, 0.4) is 0 Å². The third-order valence-electron chi connectivity index (χ3n) is 3.70. The van der Waals surface area contributed by atoms with Crippen LogP contribution in [0.1, 0.15) is 31.0 Å². The van der Waals surface area contributed by atoms with Crippen molar-refractivity contribution in [3.63, 3.8) is 0 Å². The van der Waals surface area contributed by atoms with Crippen LogP contribution in [-0.4, -0.2) is 12.2 Å². The molecule has 0 fully saturated rings. The van der Waals surface area contributed by atoms with Gasteiger partial charge in [-0.25, -0.2) is 0 Å². The Balaban J connectivity index is 1.72. The molecule has 3 nitrogen and oxygen atoms in total. The lowest BCUT2D eigenvalue weighted by atomic mass is 10.0. The van der Waals surface area contributed by atoms with Crippen molar-refractivity contribution in [3.8, 4) is 11.5 Å². The van der Waals surface area contributed by atoms with E-state index in [9.17, 15) is 0 Å². The number of nitrogens with two attached hydrogens (primary N) is 1. The maximum atomic E-state index is 6.18. The summed E-state index contributed by atoms with van der Waals surface area (Å²) in [5.74, 6) is 1.65. The van der Waals surface area contributed by atoms with Gasteiger partial charge in [0.05, 0.1) is 6.04 Å². The Morgan fingerprint density at radius 3 is 2.67 bits per heavy atom. The zero-order valence-corrected chi connectivity index (χ0v) is 12.5. The monoisotopic (exact) mass is 283 g/mol. The standard InChI is InChI=1S/C18H21NO2/c1-18(2)11-14-9-6-10-16(17(14)21-18)20-12-15(19)13-7-4-3-5-8-13/h3-10,15H,11-12,19H2,1-2H3. The van der Waals surface area contributed by atoms with Gasteiger partial charge in [0.1, 0.15) is 12.2 Å². The normalized spacial score (nSPS) is 16.9. The minimum absolute atomic E-state index is 0.142. The molecule has 0 saturated carbocycles. The molecule has 2 N–H and O–H groups in total. The molecule has 1 atom stereocenters. The molecule has 1 heterocycles. The molecule has 0 radical (unpaired) electrons. The van der Waals surface area contributed by atoms with E-state index in [1.54, 1.807) is 0 Å². The molecule has 1 unspecified atom stereocenters. The van der Waals surface area contributed by atoms with Crippen molar-refractivity contribution in [3.05, 3.63) is 59.7 Å². The van der Waals surface area contributed by atoms with E-state index in [0.29, 0.717) is 6.61 Å². The SMILES string of the molecule is CC1(C)Cc2cccc(OCC(N)c3ccccc3)c2O1. The fourth-order valence-electron chi connectivity index (χ4n) is 2.68. The molecule has 0 amide bonds. The summed E-state index contributed by atoms with van der Waals surface area (Å²) in [6.07, 6.45) is 0.907. The lowest BCUT2D eigenvalue weighted by Gasteiger charge is -2.19. The largest absolute Gasteiger partial charge is 0.488 e. The Kier molecular flexibility index (Phi) is 3.60. The van der Waals surface area contributed by atoms with Crippen LogP contribution in [0.4, 0.5) is 0 Å². The first-order chi connectivity index (χ1) is 10.1. The van der Waals surface area contributed by atoms with Gasteiger partial charge in [-0.1, -0.05) is 42.5 Å². The van der Waals surface area contributed by atoms with Gasteiger partial charge in [-0.2, -0.15) is 0 Å². The van der Waals surface area contributed by atoms with Crippen LogP contribution in [0.25, 0.3) is 0 Å². The van der Waals surface area contributed by atoms with Crippen LogP contribution in [0.15, 0.2) is 48.5 Å².